The van der Waals surface area contributed by atoms with Crippen molar-refractivity contribution in [1.29, 1.82) is 0 Å². The molecule has 2 rings (SSSR count). The molecule has 20 heavy (non-hydrogen) atoms. The molecule has 0 amide bonds. The zero-order valence-corrected chi connectivity index (χ0v) is 12.7. The van der Waals surface area contributed by atoms with Crippen molar-refractivity contribution in [3.8, 4) is 0 Å². The summed E-state index contributed by atoms with van der Waals surface area (Å²) in [6.07, 6.45) is 1.06. The van der Waals surface area contributed by atoms with Crippen LogP contribution in [-0.4, -0.2) is 44.1 Å². The number of anilines is 1. The third kappa shape index (κ3) is 3.13. The van der Waals surface area contributed by atoms with Gasteiger partial charge in [-0.3, -0.25) is 0 Å². The van der Waals surface area contributed by atoms with Crippen LogP contribution in [0.3, 0.4) is 0 Å². The van der Waals surface area contributed by atoms with E-state index in [1.165, 1.54) is 4.31 Å². The van der Waals surface area contributed by atoms with Crippen LogP contribution in [0.2, 0.25) is 0 Å². The molecule has 1 aliphatic rings. The molecular weight excluding hydrogens is 276 g/mol. The van der Waals surface area contributed by atoms with Gasteiger partial charge in [0.1, 0.15) is 0 Å². The van der Waals surface area contributed by atoms with E-state index in [0.717, 1.165) is 5.69 Å². The molecule has 2 N–H and O–H groups in total. The van der Waals surface area contributed by atoms with Gasteiger partial charge in [0.25, 0.3) is 0 Å². The minimum Gasteiger partial charge on any atom is -0.393 e. The third-order valence-corrected chi connectivity index (χ3v) is 5.87. The predicted molar refractivity (Wildman–Crippen MR) is 79.2 cm³/mol. The van der Waals surface area contributed by atoms with Crippen LogP contribution < -0.4 is 5.32 Å². The Labute approximate surface area is 120 Å². The van der Waals surface area contributed by atoms with Crippen molar-refractivity contribution in [3.05, 3.63) is 24.3 Å². The Morgan fingerprint density at radius 1 is 1.25 bits per heavy atom. The van der Waals surface area contributed by atoms with Crippen LogP contribution in [0.1, 0.15) is 19.8 Å². The summed E-state index contributed by atoms with van der Waals surface area (Å²) in [7, 11) is -1.62. The molecule has 0 spiro atoms. The molecule has 5 nitrogen and oxygen atoms in total. The molecule has 1 fully saturated rings. The number of sulfonamides is 1. The van der Waals surface area contributed by atoms with E-state index < -0.39 is 10.0 Å². The fourth-order valence-electron chi connectivity index (χ4n) is 2.54. The van der Waals surface area contributed by atoms with E-state index in [-0.39, 0.29) is 12.0 Å². The Morgan fingerprint density at radius 3 is 2.25 bits per heavy atom. The lowest BCUT2D eigenvalue weighted by molar-refractivity contribution is 0.0912. The van der Waals surface area contributed by atoms with Crippen molar-refractivity contribution in [2.75, 3.05) is 25.5 Å². The highest BCUT2D eigenvalue weighted by Gasteiger charge is 2.30. The van der Waals surface area contributed by atoms with E-state index in [0.29, 0.717) is 30.8 Å². The zero-order valence-electron chi connectivity index (χ0n) is 11.9. The molecule has 0 saturated carbocycles. The number of hydrogen-bond donors (Lipinski definition) is 2. The van der Waals surface area contributed by atoms with Crippen LogP contribution in [0.4, 0.5) is 5.69 Å². The van der Waals surface area contributed by atoms with Gasteiger partial charge in [0, 0.05) is 25.8 Å². The summed E-state index contributed by atoms with van der Waals surface area (Å²) in [6.45, 7) is 2.72. The largest absolute Gasteiger partial charge is 0.393 e. The Hall–Kier alpha value is -1.11. The summed E-state index contributed by atoms with van der Waals surface area (Å²) < 4.78 is 26.5. The van der Waals surface area contributed by atoms with Crippen molar-refractivity contribution in [2.24, 2.45) is 5.92 Å². The molecule has 6 heteroatoms. The van der Waals surface area contributed by atoms with Crippen LogP contribution in [0.15, 0.2) is 29.2 Å². The first kappa shape index (κ1) is 15.3. The molecule has 1 atom stereocenters. The number of benzene rings is 1. The van der Waals surface area contributed by atoms with E-state index in [9.17, 15) is 13.5 Å². The number of nitrogens with zero attached hydrogens (tertiary/aromatic N) is 1. The molecule has 0 aliphatic carbocycles. The molecule has 1 aromatic carbocycles. The second-order valence-electron chi connectivity index (χ2n) is 5.26. The fourth-order valence-corrected chi connectivity index (χ4v) is 4.01. The number of hydrogen-bond acceptors (Lipinski definition) is 4. The van der Waals surface area contributed by atoms with Gasteiger partial charge in [0.2, 0.25) is 10.0 Å². The van der Waals surface area contributed by atoms with E-state index in [1.54, 1.807) is 38.2 Å². The Balaban J connectivity index is 2.11. The van der Waals surface area contributed by atoms with Gasteiger partial charge in [0.15, 0.2) is 0 Å². The van der Waals surface area contributed by atoms with Crippen molar-refractivity contribution in [1.82, 2.24) is 4.31 Å². The molecular formula is C14H22N2O3S. The van der Waals surface area contributed by atoms with Crippen LogP contribution in [0.5, 0.6) is 0 Å². The van der Waals surface area contributed by atoms with Crippen LogP contribution in [0, 0.1) is 5.92 Å². The number of aliphatic hydroxyl groups excluding tert-OH is 1. The average Bonchev–Trinajstić information content (AvgIpc) is 2.47. The summed E-state index contributed by atoms with van der Waals surface area (Å²) >= 11 is 0. The molecule has 1 heterocycles. The Morgan fingerprint density at radius 2 is 1.80 bits per heavy atom. The van der Waals surface area contributed by atoms with Gasteiger partial charge in [-0.2, -0.15) is 4.31 Å². The molecule has 1 aromatic rings. The first-order valence-corrected chi connectivity index (χ1v) is 8.35. The van der Waals surface area contributed by atoms with Gasteiger partial charge < -0.3 is 10.4 Å². The highest BCUT2D eigenvalue weighted by Crippen LogP contribution is 2.26. The monoisotopic (exact) mass is 298 g/mol. The van der Waals surface area contributed by atoms with Crippen molar-refractivity contribution >= 4 is 15.7 Å². The minimum absolute atomic E-state index is 0.202. The van der Waals surface area contributed by atoms with E-state index in [1.807, 2.05) is 0 Å². The van der Waals surface area contributed by atoms with Crippen molar-refractivity contribution in [3.63, 3.8) is 0 Å². The summed E-state index contributed by atoms with van der Waals surface area (Å²) in [6, 6.07) is 6.77. The molecule has 1 aliphatic heterocycles. The molecule has 0 aromatic heterocycles. The zero-order chi connectivity index (χ0) is 14.8. The second-order valence-corrected chi connectivity index (χ2v) is 7.19. The highest BCUT2D eigenvalue weighted by atomic mass is 32.2. The normalized spacial score (nSPS) is 19.8. The quantitative estimate of drug-likeness (QED) is 0.884. The van der Waals surface area contributed by atoms with Crippen LogP contribution in [0.25, 0.3) is 0 Å². The van der Waals surface area contributed by atoms with E-state index >= 15 is 0 Å². The Bertz CT molecular complexity index is 532. The summed E-state index contributed by atoms with van der Waals surface area (Å²) in [5.41, 5.74) is 0.886. The highest BCUT2D eigenvalue weighted by molar-refractivity contribution is 7.89. The fraction of sp³-hybridized carbons (Fsp3) is 0.571. The van der Waals surface area contributed by atoms with Gasteiger partial charge in [-0.1, -0.05) is 0 Å². The smallest absolute Gasteiger partial charge is 0.243 e. The van der Waals surface area contributed by atoms with E-state index in [2.05, 4.69) is 5.32 Å². The van der Waals surface area contributed by atoms with Gasteiger partial charge in [0.05, 0.1) is 11.0 Å². The first-order valence-electron chi connectivity index (χ1n) is 6.91. The molecule has 112 valence electrons. The maximum absolute atomic E-state index is 12.5. The predicted octanol–water partition coefficient (Wildman–Crippen LogP) is 1.51. The summed E-state index contributed by atoms with van der Waals surface area (Å²) in [5.74, 6) is 0.202. The van der Waals surface area contributed by atoms with Crippen LogP contribution in [-0.2, 0) is 10.0 Å². The van der Waals surface area contributed by atoms with E-state index in [4.69, 9.17) is 0 Å². The SMILES string of the molecule is CNc1ccc(S(=O)(=O)N2CCC(C(C)O)CC2)cc1. The molecule has 1 unspecified atom stereocenters. The lowest BCUT2D eigenvalue weighted by Crippen LogP contribution is -2.40. The summed E-state index contributed by atoms with van der Waals surface area (Å²) in [5, 5.41) is 12.5. The van der Waals surface area contributed by atoms with Gasteiger partial charge in [-0.25, -0.2) is 8.42 Å². The van der Waals surface area contributed by atoms with Crippen molar-refractivity contribution < 1.29 is 13.5 Å². The Kier molecular flexibility index (Phi) is 4.67. The van der Waals surface area contributed by atoms with Gasteiger partial charge >= 0.3 is 0 Å². The number of piperidine rings is 1. The number of aliphatic hydroxyl groups is 1. The van der Waals surface area contributed by atoms with Gasteiger partial charge in [-0.05, 0) is 49.9 Å². The molecule has 1 saturated heterocycles. The third-order valence-electron chi connectivity index (χ3n) is 3.96. The number of nitrogens with one attached hydrogen (secondary N) is 1. The summed E-state index contributed by atoms with van der Waals surface area (Å²) in [4.78, 5) is 0.326. The molecule has 0 bridgehead atoms. The average molecular weight is 298 g/mol. The van der Waals surface area contributed by atoms with Crippen molar-refractivity contribution in [2.45, 2.75) is 30.8 Å². The minimum atomic E-state index is -3.41. The lowest BCUT2D eigenvalue weighted by Gasteiger charge is -2.32. The number of rotatable bonds is 4. The molecule has 0 radical (unpaired) electrons. The standard InChI is InChI=1S/C14H22N2O3S/c1-11(17)12-7-9-16(10-8-12)20(18,19)14-5-3-13(15-2)4-6-14/h3-6,11-12,15,17H,7-10H2,1-2H3. The second kappa shape index (κ2) is 6.11. The first-order chi connectivity index (χ1) is 9.45. The lowest BCUT2D eigenvalue weighted by atomic mass is 9.93. The van der Waals surface area contributed by atoms with Crippen LogP contribution >= 0.6 is 0 Å². The van der Waals surface area contributed by atoms with Gasteiger partial charge in [-0.15, -0.1) is 0 Å². The maximum atomic E-state index is 12.5. The topological polar surface area (TPSA) is 69.6 Å². The maximum Gasteiger partial charge on any atom is 0.243 e.